The summed E-state index contributed by atoms with van der Waals surface area (Å²) in [4.78, 5) is 17.2. The van der Waals surface area contributed by atoms with E-state index in [1.165, 1.54) is 12.8 Å². The Morgan fingerprint density at radius 1 is 1.17 bits per heavy atom. The maximum Gasteiger partial charge on any atom is 0.253 e. The van der Waals surface area contributed by atoms with E-state index < -0.39 is 6.10 Å². The van der Waals surface area contributed by atoms with Gasteiger partial charge in [-0.3, -0.25) is 4.79 Å². The summed E-state index contributed by atoms with van der Waals surface area (Å²) in [6.45, 7) is 0.623. The molecule has 1 amide bonds. The first-order valence-corrected chi connectivity index (χ1v) is 10.9. The lowest BCUT2D eigenvalue weighted by atomic mass is 9.92. The van der Waals surface area contributed by atoms with Crippen molar-refractivity contribution in [1.29, 1.82) is 0 Å². The van der Waals surface area contributed by atoms with Crippen LogP contribution in [0.1, 0.15) is 55.3 Å². The molecule has 1 unspecified atom stereocenters. The van der Waals surface area contributed by atoms with Crippen LogP contribution >= 0.6 is 11.6 Å². The number of rotatable bonds is 7. The molecule has 0 spiro atoms. The standard InChI is InChI=1S/C23H27ClN2O3/c24-18-9-7-16(8-10-18)19-13-17(14-25-23(19)29-12-11-15-5-6-15)22(28)26-20-3-1-2-4-21(20)27/h7-10,13-15,20-21,27H,1-6,11-12H2,(H,26,28)/t20?,21-/m1/s1. The Bertz CT molecular complexity index is 852. The van der Waals surface area contributed by atoms with Crippen molar-refractivity contribution >= 4 is 17.5 Å². The molecular formula is C23H27ClN2O3. The van der Waals surface area contributed by atoms with Crippen LogP contribution in [0.4, 0.5) is 0 Å². The summed E-state index contributed by atoms with van der Waals surface area (Å²) in [7, 11) is 0. The molecule has 4 rings (SSSR count). The molecule has 2 N–H and O–H groups in total. The third-order valence-corrected chi connectivity index (χ3v) is 6.03. The molecule has 2 atom stereocenters. The summed E-state index contributed by atoms with van der Waals surface area (Å²) < 4.78 is 5.96. The molecule has 1 aromatic carbocycles. The minimum absolute atomic E-state index is 0.204. The first-order valence-electron chi connectivity index (χ1n) is 10.5. The second kappa shape index (κ2) is 9.14. The Labute approximate surface area is 176 Å². The number of hydrogen-bond donors (Lipinski definition) is 2. The molecule has 1 aromatic heterocycles. The number of halogens is 1. The summed E-state index contributed by atoms with van der Waals surface area (Å²) in [5, 5.41) is 13.8. The quantitative estimate of drug-likeness (QED) is 0.693. The van der Waals surface area contributed by atoms with E-state index in [0.29, 0.717) is 23.1 Å². The van der Waals surface area contributed by atoms with Crippen molar-refractivity contribution in [3.05, 3.63) is 47.1 Å². The van der Waals surface area contributed by atoms with Crippen LogP contribution < -0.4 is 10.1 Å². The van der Waals surface area contributed by atoms with Gasteiger partial charge in [0.1, 0.15) is 0 Å². The maximum absolute atomic E-state index is 12.8. The van der Waals surface area contributed by atoms with E-state index in [-0.39, 0.29) is 11.9 Å². The van der Waals surface area contributed by atoms with Gasteiger partial charge in [-0.25, -0.2) is 4.98 Å². The Hall–Kier alpha value is -2.11. The van der Waals surface area contributed by atoms with Crippen LogP contribution in [0.5, 0.6) is 5.88 Å². The van der Waals surface area contributed by atoms with Crippen LogP contribution in [0.3, 0.4) is 0 Å². The highest BCUT2D eigenvalue weighted by atomic mass is 35.5. The number of aliphatic hydroxyl groups is 1. The third kappa shape index (κ3) is 5.28. The van der Waals surface area contributed by atoms with Gasteiger partial charge in [-0.15, -0.1) is 0 Å². The monoisotopic (exact) mass is 414 g/mol. The molecule has 0 aliphatic heterocycles. The van der Waals surface area contributed by atoms with Gasteiger partial charge in [-0.1, -0.05) is 49.4 Å². The molecule has 0 radical (unpaired) electrons. The van der Waals surface area contributed by atoms with Gasteiger partial charge >= 0.3 is 0 Å². The Balaban J connectivity index is 1.54. The van der Waals surface area contributed by atoms with E-state index in [1.807, 2.05) is 30.3 Å². The predicted molar refractivity (Wildman–Crippen MR) is 113 cm³/mol. The summed E-state index contributed by atoms with van der Waals surface area (Å²) in [5.41, 5.74) is 2.13. The van der Waals surface area contributed by atoms with Crippen LogP contribution in [-0.4, -0.2) is 34.8 Å². The molecule has 2 aliphatic carbocycles. The number of hydrogen-bond acceptors (Lipinski definition) is 4. The average Bonchev–Trinajstić information content (AvgIpc) is 3.55. The lowest BCUT2D eigenvalue weighted by Crippen LogP contribution is -2.45. The van der Waals surface area contributed by atoms with E-state index in [2.05, 4.69) is 10.3 Å². The number of aromatic nitrogens is 1. The second-order valence-corrected chi connectivity index (χ2v) is 8.53. The van der Waals surface area contributed by atoms with Crippen molar-refractivity contribution in [2.24, 2.45) is 5.92 Å². The zero-order chi connectivity index (χ0) is 20.2. The van der Waals surface area contributed by atoms with Crippen LogP contribution in [0.15, 0.2) is 36.5 Å². The van der Waals surface area contributed by atoms with Gasteiger partial charge in [0, 0.05) is 16.8 Å². The van der Waals surface area contributed by atoms with Crippen LogP contribution in [0.25, 0.3) is 11.1 Å². The van der Waals surface area contributed by atoms with Gasteiger partial charge in [0.2, 0.25) is 5.88 Å². The topological polar surface area (TPSA) is 71.5 Å². The van der Waals surface area contributed by atoms with Crippen molar-refractivity contribution in [3.8, 4) is 17.0 Å². The molecule has 29 heavy (non-hydrogen) atoms. The minimum atomic E-state index is -0.485. The van der Waals surface area contributed by atoms with Crippen molar-refractivity contribution in [3.63, 3.8) is 0 Å². The van der Waals surface area contributed by atoms with E-state index in [0.717, 1.165) is 49.1 Å². The summed E-state index contributed by atoms with van der Waals surface area (Å²) in [6, 6.07) is 9.04. The number of nitrogens with one attached hydrogen (secondary N) is 1. The zero-order valence-corrected chi connectivity index (χ0v) is 17.2. The molecule has 5 nitrogen and oxygen atoms in total. The third-order valence-electron chi connectivity index (χ3n) is 5.78. The smallest absolute Gasteiger partial charge is 0.253 e. The highest BCUT2D eigenvalue weighted by Gasteiger charge is 2.26. The second-order valence-electron chi connectivity index (χ2n) is 8.10. The van der Waals surface area contributed by atoms with Crippen molar-refractivity contribution in [1.82, 2.24) is 10.3 Å². The van der Waals surface area contributed by atoms with E-state index in [1.54, 1.807) is 6.20 Å². The maximum atomic E-state index is 12.8. The number of carbonyl (C=O) groups is 1. The fraction of sp³-hybridized carbons (Fsp3) is 0.478. The van der Waals surface area contributed by atoms with Crippen molar-refractivity contribution in [2.75, 3.05) is 6.61 Å². The van der Waals surface area contributed by atoms with Crippen LogP contribution in [0.2, 0.25) is 5.02 Å². The molecule has 1 heterocycles. The normalized spacial score (nSPS) is 21.6. The van der Waals surface area contributed by atoms with Crippen molar-refractivity contribution in [2.45, 2.75) is 57.1 Å². The number of carbonyl (C=O) groups excluding carboxylic acids is 1. The zero-order valence-electron chi connectivity index (χ0n) is 16.4. The Kier molecular flexibility index (Phi) is 6.36. The SMILES string of the molecule is O=C(NC1CCCC[C@H]1O)c1cnc(OCCC2CC2)c(-c2ccc(Cl)cc2)c1. The molecule has 6 heteroatoms. The van der Waals surface area contributed by atoms with Gasteiger partial charge in [-0.05, 0) is 48.9 Å². The lowest BCUT2D eigenvalue weighted by molar-refractivity contribution is 0.0717. The largest absolute Gasteiger partial charge is 0.477 e. The van der Waals surface area contributed by atoms with Gasteiger partial charge < -0.3 is 15.2 Å². The van der Waals surface area contributed by atoms with Gasteiger partial charge in [0.25, 0.3) is 5.91 Å². The van der Waals surface area contributed by atoms with E-state index in [4.69, 9.17) is 16.3 Å². The summed E-state index contributed by atoms with van der Waals surface area (Å²) >= 11 is 6.03. The van der Waals surface area contributed by atoms with Gasteiger partial charge in [-0.2, -0.15) is 0 Å². The molecule has 2 aromatic rings. The molecule has 154 valence electrons. The Morgan fingerprint density at radius 3 is 2.66 bits per heavy atom. The Morgan fingerprint density at radius 2 is 1.93 bits per heavy atom. The molecule has 0 bridgehead atoms. The average molecular weight is 415 g/mol. The first kappa shape index (κ1) is 20.2. The number of aliphatic hydroxyl groups excluding tert-OH is 1. The molecular weight excluding hydrogens is 388 g/mol. The fourth-order valence-electron chi connectivity index (χ4n) is 3.79. The summed E-state index contributed by atoms with van der Waals surface area (Å²) in [6.07, 6.45) is 8.22. The number of pyridine rings is 1. The first-order chi connectivity index (χ1) is 14.1. The van der Waals surface area contributed by atoms with Crippen molar-refractivity contribution < 1.29 is 14.6 Å². The molecule has 2 fully saturated rings. The number of nitrogens with zero attached hydrogens (tertiary/aromatic N) is 1. The molecule has 2 saturated carbocycles. The fourth-order valence-corrected chi connectivity index (χ4v) is 3.91. The number of amides is 1. The van der Waals surface area contributed by atoms with Gasteiger partial charge in [0.05, 0.1) is 24.3 Å². The highest BCUT2D eigenvalue weighted by Crippen LogP contribution is 2.34. The highest BCUT2D eigenvalue weighted by molar-refractivity contribution is 6.30. The van der Waals surface area contributed by atoms with Crippen LogP contribution in [-0.2, 0) is 0 Å². The molecule has 0 saturated heterocycles. The lowest BCUT2D eigenvalue weighted by Gasteiger charge is -2.28. The van der Waals surface area contributed by atoms with Crippen LogP contribution in [0, 0.1) is 5.92 Å². The summed E-state index contributed by atoms with van der Waals surface area (Å²) in [5.74, 6) is 1.09. The minimum Gasteiger partial charge on any atom is -0.477 e. The van der Waals surface area contributed by atoms with E-state index in [9.17, 15) is 9.90 Å². The predicted octanol–water partition coefficient (Wildman–Crippen LogP) is 4.61. The van der Waals surface area contributed by atoms with Gasteiger partial charge in [0.15, 0.2) is 0 Å². The van der Waals surface area contributed by atoms with E-state index >= 15 is 0 Å². The molecule has 2 aliphatic rings. The number of benzene rings is 1. The number of ether oxygens (including phenoxy) is 1.